The highest BCUT2D eigenvalue weighted by molar-refractivity contribution is 5.50. The zero-order valence-corrected chi connectivity index (χ0v) is 10.3. The molecule has 17 heavy (non-hydrogen) atoms. The van der Waals surface area contributed by atoms with Crippen LogP contribution < -0.4 is 5.32 Å². The van der Waals surface area contributed by atoms with Crippen LogP contribution in [0.5, 0.6) is 0 Å². The van der Waals surface area contributed by atoms with Gasteiger partial charge in [-0.2, -0.15) is 0 Å². The number of hydrogen-bond donors (Lipinski definition) is 1. The summed E-state index contributed by atoms with van der Waals surface area (Å²) >= 11 is 0. The first kappa shape index (κ1) is 11.7. The predicted octanol–water partition coefficient (Wildman–Crippen LogP) is 2.02. The minimum atomic E-state index is 0.0330. The molecule has 2 heterocycles. The van der Waals surface area contributed by atoms with Gasteiger partial charge in [-0.15, -0.1) is 10.2 Å². The molecule has 0 fully saturated rings. The first-order valence-corrected chi connectivity index (χ1v) is 5.52. The molecule has 0 radical (unpaired) electrons. The molecule has 0 bridgehead atoms. The number of hydrogen-bond acceptors (Lipinski definition) is 5. The lowest BCUT2D eigenvalue weighted by atomic mass is 10.1. The molecule has 2 aromatic rings. The van der Waals surface area contributed by atoms with Crippen molar-refractivity contribution >= 4 is 0 Å². The number of nitrogens with zero attached hydrogens (tertiary/aromatic N) is 3. The highest BCUT2D eigenvalue weighted by atomic mass is 16.4. The van der Waals surface area contributed by atoms with Crippen molar-refractivity contribution in [3.63, 3.8) is 0 Å². The van der Waals surface area contributed by atoms with Gasteiger partial charge in [0.05, 0.1) is 6.54 Å². The highest BCUT2D eigenvalue weighted by Crippen LogP contribution is 2.16. The third kappa shape index (κ3) is 3.35. The summed E-state index contributed by atoms with van der Waals surface area (Å²) in [6.07, 6.45) is 3.40. The van der Waals surface area contributed by atoms with Crippen molar-refractivity contribution in [3.8, 4) is 11.5 Å². The number of pyridine rings is 1. The quantitative estimate of drug-likeness (QED) is 0.877. The summed E-state index contributed by atoms with van der Waals surface area (Å²) in [4.78, 5) is 3.94. The maximum atomic E-state index is 5.55. The van der Waals surface area contributed by atoms with E-state index in [0.29, 0.717) is 18.3 Å². The lowest BCUT2D eigenvalue weighted by molar-refractivity contribution is 0.383. The lowest BCUT2D eigenvalue weighted by Crippen LogP contribution is -2.35. The van der Waals surface area contributed by atoms with Crippen LogP contribution in [0, 0.1) is 0 Å². The van der Waals surface area contributed by atoms with Gasteiger partial charge in [-0.1, -0.05) is 0 Å². The Morgan fingerprint density at radius 1 is 1.18 bits per heavy atom. The molecular formula is C12H16N4O. The van der Waals surface area contributed by atoms with E-state index in [1.54, 1.807) is 12.4 Å². The van der Waals surface area contributed by atoms with Gasteiger partial charge in [-0.05, 0) is 32.9 Å². The molecule has 0 spiro atoms. The van der Waals surface area contributed by atoms with Crippen LogP contribution in [-0.4, -0.2) is 20.7 Å². The highest BCUT2D eigenvalue weighted by Gasteiger charge is 2.12. The van der Waals surface area contributed by atoms with Crippen LogP contribution in [0.2, 0.25) is 0 Å². The third-order valence-corrected chi connectivity index (χ3v) is 2.16. The fraction of sp³-hybridized carbons (Fsp3) is 0.417. The molecule has 0 aliphatic rings. The molecule has 5 nitrogen and oxygen atoms in total. The van der Waals surface area contributed by atoms with Gasteiger partial charge in [0.1, 0.15) is 0 Å². The monoisotopic (exact) mass is 232 g/mol. The first-order valence-electron chi connectivity index (χ1n) is 5.52. The van der Waals surface area contributed by atoms with Gasteiger partial charge in [0.15, 0.2) is 0 Å². The van der Waals surface area contributed by atoms with Crippen molar-refractivity contribution in [2.75, 3.05) is 0 Å². The minimum absolute atomic E-state index is 0.0330. The van der Waals surface area contributed by atoms with E-state index in [1.807, 2.05) is 12.1 Å². The van der Waals surface area contributed by atoms with E-state index >= 15 is 0 Å². The smallest absolute Gasteiger partial charge is 0.247 e. The van der Waals surface area contributed by atoms with Gasteiger partial charge in [-0.3, -0.25) is 4.98 Å². The maximum Gasteiger partial charge on any atom is 0.247 e. The van der Waals surface area contributed by atoms with Gasteiger partial charge < -0.3 is 9.73 Å². The Hall–Kier alpha value is -1.75. The molecule has 2 aromatic heterocycles. The second-order valence-electron chi connectivity index (χ2n) is 4.84. The van der Waals surface area contributed by atoms with Crippen LogP contribution in [0.25, 0.3) is 11.5 Å². The molecular weight excluding hydrogens is 216 g/mol. The topological polar surface area (TPSA) is 63.8 Å². The normalized spacial score (nSPS) is 11.7. The van der Waals surface area contributed by atoms with E-state index in [-0.39, 0.29) is 5.54 Å². The van der Waals surface area contributed by atoms with E-state index < -0.39 is 0 Å². The molecule has 0 amide bonds. The van der Waals surface area contributed by atoms with E-state index in [1.165, 1.54) is 0 Å². The molecule has 1 N–H and O–H groups in total. The summed E-state index contributed by atoms with van der Waals surface area (Å²) < 4.78 is 5.55. The van der Waals surface area contributed by atoms with Crippen molar-refractivity contribution in [1.82, 2.24) is 20.5 Å². The largest absolute Gasteiger partial charge is 0.419 e. The molecule has 0 saturated carbocycles. The third-order valence-electron chi connectivity index (χ3n) is 2.16. The van der Waals surface area contributed by atoms with Gasteiger partial charge in [0, 0.05) is 23.5 Å². The van der Waals surface area contributed by atoms with Gasteiger partial charge in [-0.25, -0.2) is 0 Å². The number of aromatic nitrogens is 3. The Labute approximate surface area is 100 Å². The number of nitrogens with one attached hydrogen (secondary N) is 1. The van der Waals surface area contributed by atoms with Crippen LogP contribution in [-0.2, 0) is 6.54 Å². The molecule has 5 heteroatoms. The SMILES string of the molecule is CC(C)(C)NCc1nnc(-c2ccncc2)o1. The Balaban J connectivity index is 2.07. The van der Waals surface area contributed by atoms with Crippen molar-refractivity contribution < 1.29 is 4.42 Å². The van der Waals surface area contributed by atoms with Crippen LogP contribution in [0.4, 0.5) is 0 Å². The predicted molar refractivity (Wildman–Crippen MR) is 64.1 cm³/mol. The van der Waals surface area contributed by atoms with E-state index in [0.717, 1.165) is 5.56 Å². The zero-order chi connectivity index (χ0) is 12.3. The molecule has 90 valence electrons. The van der Waals surface area contributed by atoms with Gasteiger partial charge >= 0.3 is 0 Å². The van der Waals surface area contributed by atoms with Crippen molar-refractivity contribution in [2.45, 2.75) is 32.9 Å². The van der Waals surface area contributed by atoms with E-state index in [2.05, 4.69) is 41.3 Å². The lowest BCUT2D eigenvalue weighted by Gasteiger charge is -2.18. The summed E-state index contributed by atoms with van der Waals surface area (Å²) in [5, 5.41) is 11.3. The Bertz CT molecular complexity index is 473. The Morgan fingerprint density at radius 2 is 1.88 bits per heavy atom. The van der Waals surface area contributed by atoms with Crippen LogP contribution >= 0.6 is 0 Å². The minimum Gasteiger partial charge on any atom is -0.419 e. The molecule has 0 unspecified atom stereocenters. The number of rotatable bonds is 3. The first-order chi connectivity index (χ1) is 8.04. The summed E-state index contributed by atoms with van der Waals surface area (Å²) in [5.74, 6) is 1.12. The molecule has 0 saturated heterocycles. The van der Waals surface area contributed by atoms with Gasteiger partial charge in [0.25, 0.3) is 0 Å². The maximum absolute atomic E-state index is 5.55. The van der Waals surface area contributed by atoms with Crippen molar-refractivity contribution in [3.05, 3.63) is 30.4 Å². The average molecular weight is 232 g/mol. The Morgan fingerprint density at radius 3 is 2.53 bits per heavy atom. The van der Waals surface area contributed by atoms with Crippen LogP contribution in [0.3, 0.4) is 0 Å². The fourth-order valence-electron chi connectivity index (χ4n) is 1.28. The summed E-state index contributed by atoms with van der Waals surface area (Å²) in [7, 11) is 0. The van der Waals surface area contributed by atoms with Crippen LogP contribution in [0.15, 0.2) is 28.9 Å². The van der Waals surface area contributed by atoms with Gasteiger partial charge in [0.2, 0.25) is 11.8 Å². The van der Waals surface area contributed by atoms with Crippen LogP contribution in [0.1, 0.15) is 26.7 Å². The zero-order valence-electron chi connectivity index (χ0n) is 10.3. The summed E-state index contributed by atoms with van der Waals surface area (Å²) in [5.41, 5.74) is 0.917. The Kier molecular flexibility index (Phi) is 3.19. The molecule has 0 aliphatic carbocycles. The standard InChI is InChI=1S/C12H16N4O/c1-12(2,3)14-8-10-15-16-11(17-10)9-4-6-13-7-5-9/h4-7,14H,8H2,1-3H3. The van der Waals surface area contributed by atoms with E-state index in [4.69, 9.17) is 4.42 Å². The molecule has 0 aliphatic heterocycles. The van der Waals surface area contributed by atoms with Crippen molar-refractivity contribution in [1.29, 1.82) is 0 Å². The molecule has 2 rings (SSSR count). The molecule has 0 aromatic carbocycles. The second-order valence-corrected chi connectivity index (χ2v) is 4.84. The summed E-state index contributed by atoms with van der Waals surface area (Å²) in [6.45, 7) is 6.84. The fourth-order valence-corrected chi connectivity index (χ4v) is 1.28. The van der Waals surface area contributed by atoms with E-state index in [9.17, 15) is 0 Å². The molecule has 0 atom stereocenters. The average Bonchev–Trinajstić information content (AvgIpc) is 2.75. The second kappa shape index (κ2) is 4.63. The van der Waals surface area contributed by atoms with Crippen molar-refractivity contribution in [2.24, 2.45) is 0 Å². The summed E-state index contributed by atoms with van der Waals surface area (Å²) in [6, 6.07) is 3.68.